The molecule has 0 spiro atoms. The lowest BCUT2D eigenvalue weighted by Crippen LogP contribution is -2.50. The molecule has 2 saturated heterocycles. The van der Waals surface area contributed by atoms with Crippen molar-refractivity contribution >= 4 is 11.7 Å². The number of pyridine rings is 1. The van der Waals surface area contributed by atoms with Gasteiger partial charge in [0.15, 0.2) is 0 Å². The molecule has 1 aromatic heterocycles. The molecule has 0 N–H and O–H groups in total. The summed E-state index contributed by atoms with van der Waals surface area (Å²) in [4.78, 5) is 24.0. The average molecular weight is 397 g/mol. The number of halogens is 1. The van der Waals surface area contributed by atoms with Crippen molar-refractivity contribution in [2.45, 2.75) is 19.3 Å². The van der Waals surface area contributed by atoms with E-state index in [0.29, 0.717) is 12.3 Å². The van der Waals surface area contributed by atoms with Crippen molar-refractivity contribution in [3.8, 4) is 0 Å². The molecule has 2 aliphatic rings. The van der Waals surface area contributed by atoms with Crippen LogP contribution in [-0.2, 0) is 11.2 Å². The number of amides is 1. The van der Waals surface area contributed by atoms with Crippen LogP contribution >= 0.6 is 0 Å². The van der Waals surface area contributed by atoms with Gasteiger partial charge in [0.25, 0.3) is 0 Å². The highest BCUT2D eigenvalue weighted by Gasteiger charge is 2.27. The molecular formula is C23H29FN4O. The zero-order chi connectivity index (χ0) is 20.1. The smallest absolute Gasteiger partial charge is 0.226 e. The van der Waals surface area contributed by atoms with Gasteiger partial charge in [0.1, 0.15) is 11.6 Å². The van der Waals surface area contributed by atoms with E-state index in [1.807, 2.05) is 23.2 Å². The third-order valence-corrected chi connectivity index (χ3v) is 6.00. The Morgan fingerprint density at radius 2 is 1.83 bits per heavy atom. The van der Waals surface area contributed by atoms with Gasteiger partial charge in [0.2, 0.25) is 5.91 Å². The van der Waals surface area contributed by atoms with Gasteiger partial charge in [-0.2, -0.15) is 0 Å². The van der Waals surface area contributed by atoms with E-state index in [1.165, 1.54) is 18.6 Å². The molecule has 2 aromatic rings. The van der Waals surface area contributed by atoms with Crippen LogP contribution in [-0.4, -0.2) is 66.5 Å². The zero-order valence-corrected chi connectivity index (χ0v) is 16.8. The minimum Gasteiger partial charge on any atom is -0.354 e. The van der Waals surface area contributed by atoms with E-state index in [9.17, 15) is 9.18 Å². The second kappa shape index (κ2) is 9.35. The van der Waals surface area contributed by atoms with Gasteiger partial charge in [0.05, 0.1) is 6.42 Å². The molecule has 5 nitrogen and oxygen atoms in total. The maximum absolute atomic E-state index is 13.1. The second-order valence-corrected chi connectivity index (χ2v) is 8.13. The Kier molecular flexibility index (Phi) is 6.39. The van der Waals surface area contributed by atoms with Crippen LogP contribution in [0.2, 0.25) is 0 Å². The fourth-order valence-corrected chi connectivity index (χ4v) is 4.39. The minimum atomic E-state index is -0.262. The van der Waals surface area contributed by atoms with E-state index >= 15 is 0 Å². The van der Waals surface area contributed by atoms with Crippen molar-refractivity contribution in [2.75, 3.05) is 50.7 Å². The summed E-state index contributed by atoms with van der Waals surface area (Å²) in [6, 6.07) is 12.3. The average Bonchev–Trinajstić information content (AvgIpc) is 2.77. The molecule has 1 amide bonds. The summed E-state index contributed by atoms with van der Waals surface area (Å²) in [6.45, 7) is 6.79. The molecule has 0 aliphatic carbocycles. The van der Waals surface area contributed by atoms with Gasteiger partial charge in [-0.3, -0.25) is 9.69 Å². The van der Waals surface area contributed by atoms with Crippen LogP contribution in [0.5, 0.6) is 0 Å². The number of nitrogens with zero attached hydrogens (tertiary/aromatic N) is 4. The minimum absolute atomic E-state index is 0.154. The van der Waals surface area contributed by atoms with E-state index in [1.54, 1.807) is 12.1 Å². The Labute approximate surface area is 172 Å². The van der Waals surface area contributed by atoms with E-state index in [-0.39, 0.29) is 11.7 Å². The number of carbonyl (C=O) groups is 1. The van der Waals surface area contributed by atoms with Gasteiger partial charge in [-0.05, 0) is 48.6 Å². The van der Waals surface area contributed by atoms with Crippen molar-refractivity contribution in [3.63, 3.8) is 0 Å². The first-order valence-corrected chi connectivity index (χ1v) is 10.6. The number of piperazine rings is 1. The van der Waals surface area contributed by atoms with Crippen LogP contribution in [0.1, 0.15) is 18.4 Å². The van der Waals surface area contributed by atoms with Crippen molar-refractivity contribution in [2.24, 2.45) is 5.92 Å². The number of likely N-dealkylation sites (tertiary alicyclic amines) is 1. The predicted molar refractivity (Wildman–Crippen MR) is 112 cm³/mol. The number of anilines is 1. The zero-order valence-electron chi connectivity index (χ0n) is 16.8. The topological polar surface area (TPSA) is 39.7 Å². The highest BCUT2D eigenvalue weighted by molar-refractivity contribution is 5.78. The number of aromatic nitrogens is 1. The Hall–Kier alpha value is -2.47. The van der Waals surface area contributed by atoms with Gasteiger partial charge in [-0.15, -0.1) is 0 Å². The molecule has 154 valence electrons. The maximum Gasteiger partial charge on any atom is 0.226 e. The lowest BCUT2D eigenvalue weighted by molar-refractivity contribution is -0.132. The summed E-state index contributed by atoms with van der Waals surface area (Å²) in [5.41, 5.74) is 0.879. The molecule has 2 fully saturated rings. The molecule has 2 aliphatic heterocycles. The highest BCUT2D eigenvalue weighted by Crippen LogP contribution is 2.20. The van der Waals surface area contributed by atoms with E-state index in [0.717, 1.165) is 63.6 Å². The number of piperidine rings is 1. The number of rotatable bonds is 5. The largest absolute Gasteiger partial charge is 0.354 e. The van der Waals surface area contributed by atoms with Crippen molar-refractivity contribution in [1.82, 2.24) is 14.8 Å². The highest BCUT2D eigenvalue weighted by atomic mass is 19.1. The molecule has 1 aromatic carbocycles. The molecule has 3 heterocycles. The second-order valence-electron chi connectivity index (χ2n) is 8.13. The molecule has 1 atom stereocenters. The predicted octanol–water partition coefficient (Wildman–Crippen LogP) is 2.82. The maximum atomic E-state index is 13.1. The molecule has 1 unspecified atom stereocenters. The fraction of sp³-hybridized carbons (Fsp3) is 0.478. The van der Waals surface area contributed by atoms with Crippen LogP contribution in [0.3, 0.4) is 0 Å². The lowest BCUT2D eigenvalue weighted by atomic mass is 9.96. The summed E-state index contributed by atoms with van der Waals surface area (Å²) in [5, 5.41) is 0. The summed E-state index contributed by atoms with van der Waals surface area (Å²) in [7, 11) is 0. The summed E-state index contributed by atoms with van der Waals surface area (Å²) < 4.78 is 13.1. The molecule has 29 heavy (non-hydrogen) atoms. The first-order chi connectivity index (χ1) is 14.2. The number of benzene rings is 1. The molecule has 0 bridgehead atoms. The number of hydrogen-bond donors (Lipinski definition) is 0. The Bertz CT molecular complexity index is 790. The number of hydrogen-bond acceptors (Lipinski definition) is 4. The quantitative estimate of drug-likeness (QED) is 0.779. The first-order valence-electron chi connectivity index (χ1n) is 10.6. The SMILES string of the molecule is O=C(Cc1ccc(F)cc1)N1CCCC(CN2CCN(c3ccccn3)CC2)C1. The van der Waals surface area contributed by atoms with E-state index < -0.39 is 0 Å². The fourth-order valence-electron chi connectivity index (χ4n) is 4.39. The van der Waals surface area contributed by atoms with Gasteiger partial charge < -0.3 is 9.80 Å². The third-order valence-electron chi connectivity index (χ3n) is 6.00. The van der Waals surface area contributed by atoms with E-state index in [4.69, 9.17) is 0 Å². The van der Waals surface area contributed by atoms with Gasteiger partial charge in [0, 0.05) is 52.0 Å². The summed E-state index contributed by atoms with van der Waals surface area (Å²) in [5.74, 6) is 1.48. The Morgan fingerprint density at radius 3 is 2.55 bits per heavy atom. The molecule has 6 heteroatoms. The van der Waals surface area contributed by atoms with Crippen molar-refractivity contribution < 1.29 is 9.18 Å². The van der Waals surface area contributed by atoms with Gasteiger partial charge in [-0.1, -0.05) is 18.2 Å². The lowest BCUT2D eigenvalue weighted by Gasteiger charge is -2.39. The molecular weight excluding hydrogens is 367 g/mol. The van der Waals surface area contributed by atoms with Crippen molar-refractivity contribution in [1.29, 1.82) is 0 Å². The van der Waals surface area contributed by atoms with Crippen LogP contribution in [0, 0.1) is 11.7 Å². The normalized spacial score (nSPS) is 20.7. The first kappa shape index (κ1) is 19.8. The Morgan fingerprint density at radius 1 is 1.03 bits per heavy atom. The van der Waals surface area contributed by atoms with Gasteiger partial charge >= 0.3 is 0 Å². The van der Waals surface area contributed by atoms with Crippen LogP contribution < -0.4 is 4.90 Å². The van der Waals surface area contributed by atoms with Crippen LogP contribution in [0.4, 0.5) is 10.2 Å². The van der Waals surface area contributed by atoms with Crippen molar-refractivity contribution in [3.05, 3.63) is 60.0 Å². The third kappa shape index (κ3) is 5.32. The van der Waals surface area contributed by atoms with Crippen LogP contribution in [0.25, 0.3) is 0 Å². The standard InChI is InChI=1S/C23H29FN4O/c24-21-8-6-19(7-9-21)16-23(29)28-11-3-4-20(18-28)17-26-12-14-27(15-13-26)22-5-1-2-10-25-22/h1-2,5-10,20H,3-4,11-18H2. The number of carbonyl (C=O) groups excluding carboxylic acids is 1. The summed E-state index contributed by atoms with van der Waals surface area (Å²) in [6.07, 6.45) is 4.45. The van der Waals surface area contributed by atoms with Crippen LogP contribution in [0.15, 0.2) is 48.7 Å². The molecule has 0 saturated carbocycles. The van der Waals surface area contributed by atoms with Gasteiger partial charge in [-0.25, -0.2) is 9.37 Å². The Balaban J connectivity index is 1.25. The van der Waals surface area contributed by atoms with E-state index in [2.05, 4.69) is 20.9 Å². The summed E-state index contributed by atoms with van der Waals surface area (Å²) >= 11 is 0. The monoisotopic (exact) mass is 396 g/mol. The molecule has 0 radical (unpaired) electrons. The molecule has 4 rings (SSSR count).